The summed E-state index contributed by atoms with van der Waals surface area (Å²) in [6, 6.07) is 7.20. The fourth-order valence-corrected chi connectivity index (χ4v) is 2.86. The van der Waals surface area contributed by atoms with Gasteiger partial charge in [0, 0.05) is 6.04 Å². The van der Waals surface area contributed by atoms with Crippen LogP contribution in [0.4, 0.5) is 0 Å². The number of para-hydroxylation sites is 2. The number of hydrogen-bond acceptors (Lipinski definition) is 4. The molecule has 26 heavy (non-hydrogen) atoms. The number of carbonyl (C=O) groups excluding carboxylic acids is 2. The lowest BCUT2D eigenvalue weighted by Gasteiger charge is -2.19. The summed E-state index contributed by atoms with van der Waals surface area (Å²) in [4.78, 5) is 28.8. The van der Waals surface area contributed by atoms with Crippen LogP contribution in [-0.4, -0.2) is 34.0 Å². The average Bonchev–Trinajstić information content (AvgIpc) is 2.98. The summed E-state index contributed by atoms with van der Waals surface area (Å²) >= 11 is 0. The minimum Gasteiger partial charge on any atom is -0.346 e. The topological polar surface area (TPSA) is 102 Å². The summed E-state index contributed by atoms with van der Waals surface area (Å²) < 4.78 is 2.12. The first-order valence-corrected chi connectivity index (χ1v) is 9.01. The molecular formula is C19H29N5O2. The van der Waals surface area contributed by atoms with Crippen LogP contribution in [0.15, 0.2) is 24.3 Å². The highest BCUT2D eigenvalue weighted by Crippen LogP contribution is 2.24. The molecule has 0 fully saturated rings. The molecule has 0 aliphatic carbocycles. The van der Waals surface area contributed by atoms with Crippen molar-refractivity contribution in [3.63, 3.8) is 0 Å². The molecule has 2 aromatic rings. The van der Waals surface area contributed by atoms with Crippen LogP contribution in [0, 0.1) is 5.92 Å². The quantitative estimate of drug-likeness (QED) is 0.702. The van der Waals surface area contributed by atoms with Gasteiger partial charge in [-0.2, -0.15) is 0 Å². The number of amides is 2. The lowest BCUT2D eigenvalue weighted by atomic mass is 10.1. The molecule has 2 amide bonds. The number of carbonyl (C=O) groups is 2. The minimum absolute atomic E-state index is 0.0166. The Morgan fingerprint density at radius 3 is 2.42 bits per heavy atom. The Hall–Kier alpha value is -2.41. The first-order chi connectivity index (χ1) is 12.2. The Kier molecular flexibility index (Phi) is 6.37. The van der Waals surface area contributed by atoms with E-state index in [9.17, 15) is 9.59 Å². The number of nitrogens with two attached hydrogens (primary N) is 1. The number of imidazole rings is 1. The van der Waals surface area contributed by atoms with Crippen molar-refractivity contribution in [3.05, 3.63) is 30.1 Å². The molecule has 142 valence electrons. The third-order valence-electron chi connectivity index (χ3n) is 4.35. The average molecular weight is 359 g/mol. The van der Waals surface area contributed by atoms with E-state index in [1.807, 2.05) is 45.0 Å². The van der Waals surface area contributed by atoms with E-state index in [2.05, 4.69) is 34.0 Å². The van der Waals surface area contributed by atoms with Crippen molar-refractivity contribution in [2.45, 2.75) is 52.7 Å². The van der Waals surface area contributed by atoms with Gasteiger partial charge in [-0.15, -0.1) is 0 Å². The standard InChI is InChI=1S/C19H29N5O2/c1-11(2)17(20)19(26)21-10-16(25)22-13(5)18-23-14-8-6-7-9-15(14)24(18)12(3)4/h6-9,11-13,17H,10,20H2,1-5H3,(H,21,26)(H,22,25)/t13?,17-/m0/s1. The van der Waals surface area contributed by atoms with Gasteiger partial charge in [-0.25, -0.2) is 4.98 Å². The molecule has 7 nitrogen and oxygen atoms in total. The molecule has 0 spiro atoms. The zero-order chi connectivity index (χ0) is 19.4. The van der Waals surface area contributed by atoms with Gasteiger partial charge in [0.05, 0.1) is 29.7 Å². The second-order valence-corrected chi connectivity index (χ2v) is 7.20. The molecule has 2 atom stereocenters. The minimum atomic E-state index is -0.620. The molecule has 1 heterocycles. The van der Waals surface area contributed by atoms with E-state index in [0.717, 1.165) is 16.9 Å². The third-order valence-corrected chi connectivity index (χ3v) is 4.35. The third kappa shape index (κ3) is 4.40. The predicted molar refractivity (Wildman–Crippen MR) is 102 cm³/mol. The van der Waals surface area contributed by atoms with Gasteiger partial charge in [-0.3, -0.25) is 9.59 Å². The van der Waals surface area contributed by atoms with E-state index in [-0.39, 0.29) is 36.4 Å². The van der Waals surface area contributed by atoms with E-state index in [1.165, 1.54) is 0 Å². The van der Waals surface area contributed by atoms with Crippen LogP contribution in [0.3, 0.4) is 0 Å². The zero-order valence-electron chi connectivity index (χ0n) is 16.1. The number of nitrogens with one attached hydrogen (secondary N) is 2. The molecule has 1 aromatic carbocycles. The van der Waals surface area contributed by atoms with Gasteiger partial charge in [-0.1, -0.05) is 26.0 Å². The Labute approximate surface area is 154 Å². The van der Waals surface area contributed by atoms with Gasteiger partial charge in [0.25, 0.3) is 0 Å². The highest BCUT2D eigenvalue weighted by atomic mass is 16.2. The van der Waals surface area contributed by atoms with Gasteiger partial charge in [0.2, 0.25) is 11.8 Å². The van der Waals surface area contributed by atoms with E-state index in [1.54, 1.807) is 0 Å². The first-order valence-electron chi connectivity index (χ1n) is 9.01. The van der Waals surface area contributed by atoms with Gasteiger partial charge < -0.3 is 20.9 Å². The Morgan fingerprint density at radius 1 is 1.15 bits per heavy atom. The molecule has 0 bridgehead atoms. The summed E-state index contributed by atoms with van der Waals surface area (Å²) in [7, 11) is 0. The fraction of sp³-hybridized carbons (Fsp3) is 0.526. The highest BCUT2D eigenvalue weighted by Gasteiger charge is 2.21. The van der Waals surface area contributed by atoms with Gasteiger partial charge in [0.15, 0.2) is 0 Å². The Balaban J connectivity index is 2.07. The predicted octanol–water partition coefficient (Wildman–Crippen LogP) is 1.89. The number of nitrogens with zero attached hydrogens (tertiary/aromatic N) is 2. The smallest absolute Gasteiger partial charge is 0.239 e. The summed E-state index contributed by atoms with van der Waals surface area (Å²) in [5, 5.41) is 5.48. The molecule has 2 rings (SSSR count). The van der Waals surface area contributed by atoms with Crippen LogP contribution in [0.25, 0.3) is 11.0 Å². The van der Waals surface area contributed by atoms with E-state index >= 15 is 0 Å². The lowest BCUT2D eigenvalue weighted by Crippen LogP contribution is -2.47. The van der Waals surface area contributed by atoms with Crippen LogP contribution >= 0.6 is 0 Å². The fourth-order valence-electron chi connectivity index (χ4n) is 2.86. The zero-order valence-corrected chi connectivity index (χ0v) is 16.1. The summed E-state index contributed by atoms with van der Waals surface area (Å²) in [6.45, 7) is 9.68. The van der Waals surface area contributed by atoms with Crippen molar-refractivity contribution < 1.29 is 9.59 Å². The van der Waals surface area contributed by atoms with Crippen molar-refractivity contribution in [3.8, 4) is 0 Å². The van der Waals surface area contributed by atoms with Crippen molar-refractivity contribution in [1.82, 2.24) is 20.2 Å². The molecule has 1 unspecified atom stereocenters. The van der Waals surface area contributed by atoms with Crippen molar-refractivity contribution in [2.24, 2.45) is 11.7 Å². The maximum atomic E-state index is 12.2. The number of aromatic nitrogens is 2. The number of benzene rings is 1. The molecule has 0 saturated carbocycles. The molecule has 0 saturated heterocycles. The first kappa shape index (κ1) is 19.9. The molecule has 4 N–H and O–H groups in total. The number of rotatable bonds is 7. The van der Waals surface area contributed by atoms with Crippen molar-refractivity contribution in [2.75, 3.05) is 6.54 Å². The van der Waals surface area contributed by atoms with Gasteiger partial charge in [-0.05, 0) is 38.8 Å². The molecule has 1 aromatic heterocycles. The Morgan fingerprint density at radius 2 is 1.81 bits per heavy atom. The highest BCUT2D eigenvalue weighted by molar-refractivity contribution is 5.87. The molecule has 0 aliphatic heterocycles. The largest absolute Gasteiger partial charge is 0.346 e. The van der Waals surface area contributed by atoms with Crippen LogP contribution in [-0.2, 0) is 9.59 Å². The SMILES string of the molecule is CC(NC(=O)CNC(=O)[C@@H](N)C(C)C)c1nc2ccccc2n1C(C)C. The molecule has 7 heteroatoms. The number of hydrogen-bond donors (Lipinski definition) is 3. The normalized spacial score (nSPS) is 13.8. The van der Waals surface area contributed by atoms with Crippen molar-refractivity contribution in [1.29, 1.82) is 0 Å². The van der Waals surface area contributed by atoms with Gasteiger partial charge >= 0.3 is 0 Å². The van der Waals surface area contributed by atoms with E-state index in [4.69, 9.17) is 5.73 Å². The van der Waals surface area contributed by atoms with E-state index < -0.39 is 6.04 Å². The molecule has 0 radical (unpaired) electrons. The summed E-state index contributed by atoms with van der Waals surface area (Å²) in [6.07, 6.45) is 0. The maximum absolute atomic E-state index is 12.2. The second-order valence-electron chi connectivity index (χ2n) is 7.20. The van der Waals surface area contributed by atoms with E-state index in [0.29, 0.717) is 0 Å². The molecule has 0 aliphatic rings. The van der Waals surface area contributed by atoms with Crippen LogP contribution in [0.1, 0.15) is 52.5 Å². The summed E-state index contributed by atoms with van der Waals surface area (Å²) in [5.41, 5.74) is 7.71. The maximum Gasteiger partial charge on any atom is 0.239 e. The van der Waals surface area contributed by atoms with Crippen LogP contribution in [0.2, 0.25) is 0 Å². The van der Waals surface area contributed by atoms with Crippen molar-refractivity contribution >= 4 is 22.8 Å². The lowest BCUT2D eigenvalue weighted by molar-refractivity contribution is -0.127. The number of fused-ring (bicyclic) bond motifs is 1. The summed E-state index contributed by atoms with van der Waals surface area (Å²) in [5.74, 6) is 0.212. The monoisotopic (exact) mass is 359 g/mol. The Bertz CT molecular complexity index is 781. The second kappa shape index (κ2) is 8.31. The van der Waals surface area contributed by atoms with Crippen LogP contribution < -0.4 is 16.4 Å². The molecular weight excluding hydrogens is 330 g/mol. The van der Waals surface area contributed by atoms with Gasteiger partial charge in [0.1, 0.15) is 5.82 Å². The van der Waals surface area contributed by atoms with Crippen LogP contribution in [0.5, 0.6) is 0 Å².